The van der Waals surface area contributed by atoms with Gasteiger partial charge in [-0.05, 0) is 12.0 Å². The van der Waals surface area contributed by atoms with Gasteiger partial charge in [-0.25, -0.2) is 4.98 Å². The van der Waals surface area contributed by atoms with Crippen LogP contribution in [0.4, 0.5) is 11.5 Å². The Morgan fingerprint density at radius 3 is 2.92 bits per heavy atom. The van der Waals surface area contributed by atoms with Crippen LogP contribution in [-0.4, -0.2) is 11.5 Å². The summed E-state index contributed by atoms with van der Waals surface area (Å²) in [4.78, 5) is 4.12. The number of pyridine rings is 1. The van der Waals surface area contributed by atoms with Gasteiger partial charge in [-0.2, -0.15) is 0 Å². The van der Waals surface area contributed by atoms with Gasteiger partial charge in [0, 0.05) is 24.5 Å². The summed E-state index contributed by atoms with van der Waals surface area (Å²) in [5, 5.41) is 3.19. The minimum atomic E-state index is 0.619. The molecule has 0 spiro atoms. The second-order valence-electron chi connectivity index (χ2n) is 3.25. The summed E-state index contributed by atoms with van der Waals surface area (Å²) in [6.45, 7) is 5.23. The lowest BCUT2D eigenvalue weighted by Crippen LogP contribution is -2.09. The largest absolute Gasteiger partial charge is 0.399 e. The van der Waals surface area contributed by atoms with Crippen LogP contribution < -0.4 is 11.1 Å². The smallest absolute Gasteiger partial charge is 0.127 e. The summed E-state index contributed by atoms with van der Waals surface area (Å²) < 4.78 is 0. The van der Waals surface area contributed by atoms with E-state index in [2.05, 4.69) is 24.1 Å². The molecule has 3 heteroatoms. The van der Waals surface area contributed by atoms with Crippen molar-refractivity contribution in [1.82, 2.24) is 4.98 Å². The van der Waals surface area contributed by atoms with Crippen LogP contribution >= 0.6 is 0 Å². The van der Waals surface area contributed by atoms with Crippen molar-refractivity contribution in [3.63, 3.8) is 0 Å². The summed E-state index contributed by atoms with van der Waals surface area (Å²) in [6, 6.07) is 3.61. The molecule has 0 saturated carbocycles. The minimum absolute atomic E-state index is 0.619. The predicted molar refractivity (Wildman–Crippen MR) is 52.0 cm³/mol. The Kier molecular flexibility index (Phi) is 2.91. The molecular formula is C9H15N3. The number of anilines is 2. The Hall–Kier alpha value is -1.25. The number of nitrogens with one attached hydrogen (secondary N) is 1. The zero-order valence-corrected chi connectivity index (χ0v) is 7.54. The van der Waals surface area contributed by atoms with Crippen molar-refractivity contribution in [3.05, 3.63) is 18.3 Å². The van der Waals surface area contributed by atoms with Gasteiger partial charge in [0.05, 0.1) is 0 Å². The topological polar surface area (TPSA) is 50.9 Å². The number of hydrogen-bond acceptors (Lipinski definition) is 3. The number of hydrogen-bond donors (Lipinski definition) is 2. The lowest BCUT2D eigenvalue weighted by atomic mass is 10.2. The van der Waals surface area contributed by atoms with Crippen LogP contribution in [0.3, 0.4) is 0 Å². The third kappa shape index (κ3) is 2.78. The first-order chi connectivity index (χ1) is 5.68. The van der Waals surface area contributed by atoms with Crippen LogP contribution in [0.15, 0.2) is 18.3 Å². The number of nitrogens with zero attached hydrogens (tertiary/aromatic N) is 1. The van der Waals surface area contributed by atoms with E-state index >= 15 is 0 Å². The van der Waals surface area contributed by atoms with E-state index in [0.717, 1.165) is 18.1 Å². The van der Waals surface area contributed by atoms with Crippen LogP contribution in [0, 0.1) is 5.92 Å². The molecule has 0 amide bonds. The van der Waals surface area contributed by atoms with E-state index < -0.39 is 0 Å². The molecule has 0 aliphatic rings. The molecule has 1 aromatic rings. The molecule has 0 unspecified atom stereocenters. The van der Waals surface area contributed by atoms with Gasteiger partial charge < -0.3 is 11.1 Å². The monoisotopic (exact) mass is 165 g/mol. The standard InChI is InChI=1S/C9H15N3/c1-7(2)6-12-9-5-8(10)3-4-11-9/h3-5,7H,6H2,1-2H3,(H3,10,11,12). The van der Waals surface area contributed by atoms with E-state index in [1.807, 2.05) is 6.07 Å². The molecule has 0 radical (unpaired) electrons. The van der Waals surface area contributed by atoms with Crippen LogP contribution in [0.1, 0.15) is 13.8 Å². The molecule has 0 saturated heterocycles. The molecule has 3 nitrogen and oxygen atoms in total. The maximum atomic E-state index is 5.58. The first-order valence-corrected chi connectivity index (χ1v) is 4.14. The van der Waals surface area contributed by atoms with E-state index in [1.165, 1.54) is 0 Å². The maximum absolute atomic E-state index is 5.58. The van der Waals surface area contributed by atoms with Gasteiger partial charge in [-0.3, -0.25) is 0 Å². The molecule has 1 aromatic heterocycles. The molecule has 12 heavy (non-hydrogen) atoms. The summed E-state index contributed by atoms with van der Waals surface area (Å²) in [6.07, 6.45) is 1.71. The van der Waals surface area contributed by atoms with Crippen molar-refractivity contribution in [2.45, 2.75) is 13.8 Å². The van der Waals surface area contributed by atoms with Gasteiger partial charge in [0.2, 0.25) is 0 Å². The van der Waals surface area contributed by atoms with E-state index in [0.29, 0.717) is 5.92 Å². The van der Waals surface area contributed by atoms with E-state index in [4.69, 9.17) is 5.73 Å². The molecule has 66 valence electrons. The normalized spacial score (nSPS) is 10.2. The fourth-order valence-electron chi connectivity index (χ4n) is 0.852. The fraction of sp³-hybridized carbons (Fsp3) is 0.444. The van der Waals surface area contributed by atoms with Gasteiger partial charge >= 0.3 is 0 Å². The molecule has 1 rings (SSSR count). The minimum Gasteiger partial charge on any atom is -0.399 e. The molecule has 0 fully saturated rings. The Labute approximate surface area is 73.0 Å². The maximum Gasteiger partial charge on any atom is 0.127 e. The zero-order chi connectivity index (χ0) is 8.97. The zero-order valence-electron chi connectivity index (χ0n) is 7.54. The lowest BCUT2D eigenvalue weighted by Gasteiger charge is -2.07. The first-order valence-electron chi connectivity index (χ1n) is 4.14. The Morgan fingerprint density at radius 2 is 2.33 bits per heavy atom. The third-order valence-electron chi connectivity index (χ3n) is 1.48. The Bertz CT molecular complexity index is 245. The van der Waals surface area contributed by atoms with Crippen LogP contribution in [-0.2, 0) is 0 Å². The average Bonchev–Trinajstić information content (AvgIpc) is 2.01. The van der Waals surface area contributed by atoms with Gasteiger partial charge in [-0.1, -0.05) is 13.8 Å². The third-order valence-corrected chi connectivity index (χ3v) is 1.48. The second kappa shape index (κ2) is 3.95. The van der Waals surface area contributed by atoms with Crippen LogP contribution in [0.2, 0.25) is 0 Å². The fourth-order valence-corrected chi connectivity index (χ4v) is 0.852. The summed E-state index contributed by atoms with van der Waals surface area (Å²) in [5.74, 6) is 1.47. The van der Waals surface area contributed by atoms with Gasteiger partial charge in [0.1, 0.15) is 5.82 Å². The summed E-state index contributed by atoms with van der Waals surface area (Å²) in [7, 11) is 0. The Morgan fingerprint density at radius 1 is 1.58 bits per heavy atom. The molecule has 0 aliphatic carbocycles. The highest BCUT2D eigenvalue weighted by Gasteiger charge is 1.95. The highest BCUT2D eigenvalue weighted by Crippen LogP contribution is 2.08. The van der Waals surface area contributed by atoms with Crippen molar-refractivity contribution in [2.24, 2.45) is 5.92 Å². The molecule has 1 heterocycles. The number of nitrogen functional groups attached to an aromatic ring is 1. The molecule has 0 aliphatic heterocycles. The molecular weight excluding hydrogens is 150 g/mol. The molecule has 0 atom stereocenters. The van der Waals surface area contributed by atoms with E-state index in [1.54, 1.807) is 12.3 Å². The highest BCUT2D eigenvalue weighted by molar-refractivity contribution is 5.48. The number of rotatable bonds is 3. The van der Waals surface area contributed by atoms with Crippen molar-refractivity contribution in [2.75, 3.05) is 17.6 Å². The summed E-state index contributed by atoms with van der Waals surface area (Å²) >= 11 is 0. The van der Waals surface area contributed by atoms with Gasteiger partial charge in [-0.15, -0.1) is 0 Å². The van der Waals surface area contributed by atoms with Crippen LogP contribution in [0.25, 0.3) is 0 Å². The van der Waals surface area contributed by atoms with E-state index in [-0.39, 0.29) is 0 Å². The molecule has 0 bridgehead atoms. The molecule has 0 aromatic carbocycles. The van der Waals surface area contributed by atoms with Gasteiger partial charge in [0.25, 0.3) is 0 Å². The van der Waals surface area contributed by atoms with E-state index in [9.17, 15) is 0 Å². The SMILES string of the molecule is CC(C)CNc1cc(N)ccn1. The predicted octanol–water partition coefficient (Wildman–Crippen LogP) is 1.73. The van der Waals surface area contributed by atoms with Crippen molar-refractivity contribution in [1.29, 1.82) is 0 Å². The number of aromatic nitrogens is 1. The van der Waals surface area contributed by atoms with Crippen molar-refractivity contribution < 1.29 is 0 Å². The van der Waals surface area contributed by atoms with Crippen molar-refractivity contribution >= 4 is 11.5 Å². The lowest BCUT2D eigenvalue weighted by molar-refractivity contribution is 0.687. The van der Waals surface area contributed by atoms with Gasteiger partial charge in [0.15, 0.2) is 0 Å². The quantitative estimate of drug-likeness (QED) is 0.717. The average molecular weight is 165 g/mol. The first kappa shape index (κ1) is 8.84. The molecule has 3 N–H and O–H groups in total. The van der Waals surface area contributed by atoms with Crippen molar-refractivity contribution in [3.8, 4) is 0 Å². The number of nitrogens with two attached hydrogens (primary N) is 1. The summed E-state index contributed by atoms with van der Waals surface area (Å²) in [5.41, 5.74) is 6.33. The van der Waals surface area contributed by atoms with Crippen LogP contribution in [0.5, 0.6) is 0 Å². The highest BCUT2D eigenvalue weighted by atomic mass is 15.0. The Balaban J connectivity index is 2.52. The second-order valence-corrected chi connectivity index (χ2v) is 3.25.